The van der Waals surface area contributed by atoms with E-state index in [1.165, 1.54) is 0 Å². The van der Waals surface area contributed by atoms with Crippen LogP contribution in [0.5, 0.6) is 0 Å². The van der Waals surface area contributed by atoms with Gasteiger partial charge in [-0.3, -0.25) is 4.99 Å². The average molecular weight is 430 g/mol. The molecule has 0 fully saturated rings. The fourth-order valence-electron chi connectivity index (χ4n) is 1.75. The number of thiazole rings is 1. The zero-order chi connectivity index (χ0) is 15.3. The third-order valence-electron chi connectivity index (χ3n) is 2.97. The summed E-state index contributed by atoms with van der Waals surface area (Å²) >= 11 is 1.69. The lowest BCUT2D eigenvalue weighted by Gasteiger charge is -2.14. The van der Waals surface area contributed by atoms with Gasteiger partial charge >= 0.3 is 0 Å². The van der Waals surface area contributed by atoms with E-state index in [-0.39, 0.29) is 29.4 Å². The second-order valence-electron chi connectivity index (χ2n) is 5.88. The van der Waals surface area contributed by atoms with E-state index >= 15 is 0 Å². The summed E-state index contributed by atoms with van der Waals surface area (Å²) in [5.41, 5.74) is 8.06. The Balaban J connectivity index is 0.00000242. The van der Waals surface area contributed by atoms with Crippen LogP contribution in [0.25, 0.3) is 0 Å². The van der Waals surface area contributed by atoms with Crippen molar-refractivity contribution in [3.8, 4) is 0 Å². The van der Waals surface area contributed by atoms with E-state index in [4.69, 9.17) is 5.73 Å². The lowest BCUT2D eigenvalue weighted by atomic mass is 9.93. The first kappa shape index (κ1) is 18.9. The maximum atomic E-state index is 5.87. The Bertz CT molecular complexity index is 602. The van der Waals surface area contributed by atoms with Crippen LogP contribution < -0.4 is 11.1 Å². The number of nitrogens with two attached hydrogens (primary N) is 1. The standard InChI is InChI=1S/C16H22N4S.HI/c1-16(2,3)13-11-21-14(20-13)9-10-18-15(17)19-12-7-5-4-6-8-12;/h4-8,11H,9-10H2,1-3H3,(H3,17,18,19);1H. The minimum absolute atomic E-state index is 0. The molecule has 0 bridgehead atoms. The Kier molecular flexibility index (Phi) is 7.28. The van der Waals surface area contributed by atoms with Gasteiger partial charge in [-0.1, -0.05) is 39.0 Å². The van der Waals surface area contributed by atoms with E-state index < -0.39 is 0 Å². The highest BCUT2D eigenvalue weighted by Crippen LogP contribution is 2.23. The number of aromatic nitrogens is 1. The molecule has 0 aliphatic carbocycles. The van der Waals surface area contributed by atoms with Crippen molar-refractivity contribution in [2.24, 2.45) is 10.7 Å². The van der Waals surface area contributed by atoms with E-state index in [0.717, 1.165) is 22.8 Å². The molecular formula is C16H23IN4S. The molecule has 2 rings (SSSR count). The first-order valence-corrected chi connectivity index (χ1v) is 7.90. The molecule has 0 spiro atoms. The van der Waals surface area contributed by atoms with Crippen LogP contribution in [0.15, 0.2) is 40.7 Å². The SMILES string of the molecule is CC(C)(C)c1csc(CCN=C(N)Nc2ccccc2)n1.I. The molecule has 3 N–H and O–H groups in total. The van der Waals surface area contributed by atoms with Gasteiger partial charge in [0.2, 0.25) is 0 Å². The average Bonchev–Trinajstić information content (AvgIpc) is 2.88. The van der Waals surface area contributed by atoms with Crippen molar-refractivity contribution in [1.29, 1.82) is 0 Å². The number of nitrogens with one attached hydrogen (secondary N) is 1. The van der Waals surface area contributed by atoms with Crippen LogP contribution in [-0.4, -0.2) is 17.5 Å². The molecule has 1 aromatic heterocycles. The Morgan fingerprint density at radius 3 is 2.55 bits per heavy atom. The second-order valence-corrected chi connectivity index (χ2v) is 6.83. The first-order valence-electron chi connectivity index (χ1n) is 7.02. The molecule has 0 aliphatic heterocycles. The van der Waals surface area contributed by atoms with Gasteiger partial charge in [-0.15, -0.1) is 35.3 Å². The summed E-state index contributed by atoms with van der Waals surface area (Å²) < 4.78 is 0. The zero-order valence-corrected chi connectivity index (χ0v) is 16.3. The topological polar surface area (TPSA) is 63.3 Å². The molecular weight excluding hydrogens is 407 g/mol. The zero-order valence-electron chi connectivity index (χ0n) is 13.2. The number of para-hydroxylation sites is 1. The highest BCUT2D eigenvalue weighted by Gasteiger charge is 2.17. The Morgan fingerprint density at radius 2 is 1.95 bits per heavy atom. The predicted molar refractivity (Wildman–Crippen MR) is 106 cm³/mol. The molecule has 0 aliphatic rings. The van der Waals surface area contributed by atoms with Gasteiger partial charge in [0.05, 0.1) is 10.7 Å². The Labute approximate surface area is 153 Å². The Morgan fingerprint density at radius 1 is 1.27 bits per heavy atom. The third-order valence-corrected chi connectivity index (χ3v) is 3.88. The molecule has 0 saturated carbocycles. The lowest BCUT2D eigenvalue weighted by Crippen LogP contribution is -2.23. The summed E-state index contributed by atoms with van der Waals surface area (Å²) in [4.78, 5) is 8.99. The molecule has 120 valence electrons. The van der Waals surface area contributed by atoms with Crippen molar-refractivity contribution in [3.63, 3.8) is 0 Å². The van der Waals surface area contributed by atoms with Gasteiger partial charge in [0.1, 0.15) is 0 Å². The number of rotatable bonds is 4. The Hall–Kier alpha value is -1.15. The van der Waals surface area contributed by atoms with Crippen LogP contribution >= 0.6 is 35.3 Å². The van der Waals surface area contributed by atoms with Gasteiger partial charge < -0.3 is 11.1 Å². The number of halogens is 1. The summed E-state index contributed by atoms with van der Waals surface area (Å²) in [6.45, 7) is 7.16. The molecule has 1 heterocycles. The summed E-state index contributed by atoms with van der Waals surface area (Å²) in [6, 6.07) is 9.80. The number of guanidine groups is 1. The summed E-state index contributed by atoms with van der Waals surface area (Å²) in [6.07, 6.45) is 0.817. The van der Waals surface area contributed by atoms with Crippen molar-refractivity contribution in [2.45, 2.75) is 32.6 Å². The van der Waals surface area contributed by atoms with Gasteiger partial charge in [-0.2, -0.15) is 0 Å². The number of anilines is 1. The van der Waals surface area contributed by atoms with Crippen LogP contribution in [-0.2, 0) is 11.8 Å². The minimum atomic E-state index is 0. The van der Waals surface area contributed by atoms with Crippen molar-refractivity contribution in [3.05, 3.63) is 46.4 Å². The normalized spacial score (nSPS) is 11.9. The van der Waals surface area contributed by atoms with E-state index in [9.17, 15) is 0 Å². The van der Waals surface area contributed by atoms with Gasteiger partial charge in [0.15, 0.2) is 5.96 Å². The van der Waals surface area contributed by atoms with Gasteiger partial charge in [0, 0.05) is 29.4 Å². The number of hydrogen-bond acceptors (Lipinski definition) is 3. The summed E-state index contributed by atoms with van der Waals surface area (Å²) in [5.74, 6) is 0.439. The van der Waals surface area contributed by atoms with Crippen molar-refractivity contribution < 1.29 is 0 Å². The molecule has 22 heavy (non-hydrogen) atoms. The first-order chi connectivity index (χ1) is 9.95. The molecule has 2 aromatic rings. The van der Waals surface area contributed by atoms with Crippen molar-refractivity contribution in [1.82, 2.24) is 4.98 Å². The lowest BCUT2D eigenvalue weighted by molar-refractivity contribution is 0.571. The molecule has 0 unspecified atom stereocenters. The van der Waals surface area contributed by atoms with Crippen molar-refractivity contribution >= 4 is 47.0 Å². The summed E-state index contributed by atoms with van der Waals surface area (Å²) in [7, 11) is 0. The van der Waals surface area contributed by atoms with Gasteiger partial charge in [0.25, 0.3) is 0 Å². The number of hydrogen-bond donors (Lipinski definition) is 2. The molecule has 0 amide bonds. The third kappa shape index (κ3) is 5.92. The molecule has 0 radical (unpaired) electrons. The minimum Gasteiger partial charge on any atom is -0.370 e. The fourth-order valence-corrected chi connectivity index (χ4v) is 2.77. The monoisotopic (exact) mass is 430 g/mol. The van der Waals surface area contributed by atoms with Crippen LogP contribution in [0, 0.1) is 0 Å². The maximum Gasteiger partial charge on any atom is 0.193 e. The molecule has 4 nitrogen and oxygen atoms in total. The van der Waals surface area contributed by atoms with E-state index in [1.807, 2.05) is 30.3 Å². The fraction of sp³-hybridized carbons (Fsp3) is 0.375. The second kappa shape index (κ2) is 8.47. The van der Waals surface area contributed by atoms with E-state index in [0.29, 0.717) is 12.5 Å². The predicted octanol–water partition coefficient (Wildman–Crippen LogP) is 4.03. The highest BCUT2D eigenvalue weighted by molar-refractivity contribution is 14.0. The van der Waals surface area contributed by atoms with E-state index in [1.54, 1.807) is 11.3 Å². The molecule has 0 saturated heterocycles. The molecule has 6 heteroatoms. The van der Waals surface area contributed by atoms with Crippen LogP contribution in [0.2, 0.25) is 0 Å². The number of benzene rings is 1. The van der Waals surface area contributed by atoms with E-state index in [2.05, 4.69) is 41.4 Å². The van der Waals surface area contributed by atoms with Crippen molar-refractivity contribution in [2.75, 3.05) is 11.9 Å². The number of nitrogens with zero attached hydrogens (tertiary/aromatic N) is 2. The van der Waals surface area contributed by atoms with Crippen LogP contribution in [0.4, 0.5) is 5.69 Å². The summed E-state index contributed by atoms with van der Waals surface area (Å²) in [5, 5.41) is 6.31. The molecule has 0 atom stereocenters. The van der Waals surface area contributed by atoms with Crippen LogP contribution in [0.3, 0.4) is 0 Å². The highest BCUT2D eigenvalue weighted by atomic mass is 127. The quantitative estimate of drug-likeness (QED) is 0.438. The van der Waals surface area contributed by atoms with Gasteiger partial charge in [-0.05, 0) is 12.1 Å². The van der Waals surface area contributed by atoms with Gasteiger partial charge in [-0.25, -0.2) is 4.98 Å². The van der Waals surface area contributed by atoms with Crippen LogP contribution in [0.1, 0.15) is 31.5 Å². The smallest absolute Gasteiger partial charge is 0.193 e. The largest absolute Gasteiger partial charge is 0.370 e. The molecule has 1 aromatic carbocycles. The number of aliphatic imine (C=N–C) groups is 1. The maximum absolute atomic E-state index is 5.87.